The number of rotatable bonds is 5. The molecule has 0 aliphatic heterocycles. The second-order valence-electron chi connectivity index (χ2n) is 5.39. The molecule has 118 valence electrons. The number of nitrogens with one attached hydrogen (secondary N) is 2. The lowest BCUT2D eigenvalue weighted by atomic mass is 10.1. The number of benzene rings is 2. The maximum atomic E-state index is 12.3. The molecule has 0 saturated carbocycles. The summed E-state index contributed by atoms with van der Waals surface area (Å²) in [5, 5.41) is 10.7. The summed E-state index contributed by atoms with van der Waals surface area (Å²) in [6.07, 6.45) is 1.71. The minimum atomic E-state index is -0.0976. The van der Waals surface area contributed by atoms with E-state index in [0.717, 1.165) is 27.8 Å². The number of hydrogen-bond acceptors (Lipinski definition) is 3. The zero-order chi connectivity index (χ0) is 16.2. The van der Waals surface area contributed by atoms with Gasteiger partial charge in [0, 0.05) is 17.5 Å². The van der Waals surface area contributed by atoms with Crippen LogP contribution in [0.2, 0.25) is 0 Å². The number of ether oxygens (including phenoxy) is 1. The van der Waals surface area contributed by atoms with Gasteiger partial charge in [-0.3, -0.25) is 9.89 Å². The molecule has 5 nitrogen and oxygen atoms in total. The molecule has 5 heteroatoms. The van der Waals surface area contributed by atoms with E-state index in [2.05, 4.69) is 15.5 Å². The number of amides is 1. The highest BCUT2D eigenvalue weighted by atomic mass is 16.5. The van der Waals surface area contributed by atoms with Crippen LogP contribution in [0.15, 0.2) is 42.6 Å². The van der Waals surface area contributed by atoms with Crippen LogP contribution in [-0.2, 0) is 6.54 Å². The van der Waals surface area contributed by atoms with E-state index < -0.39 is 0 Å². The van der Waals surface area contributed by atoms with Crippen molar-refractivity contribution in [1.82, 2.24) is 15.5 Å². The Labute approximate surface area is 134 Å². The molecule has 3 aromatic rings. The van der Waals surface area contributed by atoms with Crippen LogP contribution in [0.3, 0.4) is 0 Å². The maximum absolute atomic E-state index is 12.3. The highest BCUT2D eigenvalue weighted by molar-refractivity contribution is 5.97. The fraction of sp³-hybridized carbons (Fsp3) is 0.222. The summed E-state index contributed by atoms with van der Waals surface area (Å²) in [5.74, 6) is 0.785. The Bertz CT molecular complexity index is 839. The first-order valence-electron chi connectivity index (χ1n) is 7.61. The summed E-state index contributed by atoms with van der Waals surface area (Å²) in [7, 11) is 0. The average Bonchev–Trinajstić information content (AvgIpc) is 3.02. The Kier molecular flexibility index (Phi) is 4.28. The molecule has 2 aromatic carbocycles. The molecular weight excluding hydrogens is 290 g/mol. The second kappa shape index (κ2) is 6.52. The van der Waals surface area contributed by atoms with Gasteiger partial charge in [0.2, 0.25) is 0 Å². The van der Waals surface area contributed by atoms with Crippen molar-refractivity contribution >= 4 is 16.8 Å². The van der Waals surface area contributed by atoms with E-state index >= 15 is 0 Å². The third-order valence-electron chi connectivity index (χ3n) is 3.69. The summed E-state index contributed by atoms with van der Waals surface area (Å²) in [6, 6.07) is 11.4. The zero-order valence-corrected chi connectivity index (χ0v) is 13.2. The fourth-order valence-corrected chi connectivity index (χ4v) is 2.51. The molecule has 0 aliphatic rings. The van der Waals surface area contributed by atoms with Crippen molar-refractivity contribution in [3.8, 4) is 5.75 Å². The van der Waals surface area contributed by atoms with Gasteiger partial charge in [0.05, 0.1) is 18.3 Å². The molecule has 0 bridgehead atoms. The van der Waals surface area contributed by atoms with Gasteiger partial charge in [0.1, 0.15) is 5.75 Å². The molecule has 3 rings (SSSR count). The van der Waals surface area contributed by atoms with Crippen LogP contribution in [0.5, 0.6) is 5.75 Å². The standard InChI is InChI=1S/C18H19N3O2/c1-3-23-17-7-4-13(8-12(17)2)10-19-18(22)14-5-6-16-15(9-14)11-20-21-16/h4-9,11H,3,10H2,1-2H3,(H,19,22)(H,20,21). The van der Waals surface area contributed by atoms with E-state index in [4.69, 9.17) is 4.74 Å². The number of carbonyl (C=O) groups is 1. The van der Waals surface area contributed by atoms with Gasteiger partial charge in [-0.25, -0.2) is 0 Å². The first kappa shape index (κ1) is 15.1. The van der Waals surface area contributed by atoms with Gasteiger partial charge in [-0.05, 0) is 49.2 Å². The Hall–Kier alpha value is -2.82. The molecule has 0 aliphatic carbocycles. The van der Waals surface area contributed by atoms with Crippen molar-refractivity contribution in [3.63, 3.8) is 0 Å². The largest absolute Gasteiger partial charge is 0.494 e. The molecule has 1 heterocycles. The van der Waals surface area contributed by atoms with Gasteiger partial charge in [0.25, 0.3) is 5.91 Å². The van der Waals surface area contributed by atoms with E-state index in [1.165, 1.54) is 0 Å². The Balaban J connectivity index is 1.67. The quantitative estimate of drug-likeness (QED) is 0.760. The number of nitrogens with zero attached hydrogens (tertiary/aromatic N) is 1. The normalized spacial score (nSPS) is 10.7. The molecule has 0 unspecified atom stereocenters. The van der Waals surface area contributed by atoms with Crippen molar-refractivity contribution in [2.75, 3.05) is 6.61 Å². The molecule has 1 aromatic heterocycles. The van der Waals surface area contributed by atoms with Crippen LogP contribution in [0, 0.1) is 6.92 Å². The lowest BCUT2D eigenvalue weighted by Gasteiger charge is -2.10. The SMILES string of the molecule is CCOc1ccc(CNC(=O)c2ccc3[nH]ncc3c2)cc1C. The van der Waals surface area contributed by atoms with Crippen LogP contribution in [0.1, 0.15) is 28.4 Å². The predicted molar refractivity (Wildman–Crippen MR) is 89.6 cm³/mol. The third-order valence-corrected chi connectivity index (χ3v) is 3.69. The highest BCUT2D eigenvalue weighted by Gasteiger charge is 2.08. The van der Waals surface area contributed by atoms with Gasteiger partial charge in [-0.1, -0.05) is 12.1 Å². The lowest BCUT2D eigenvalue weighted by molar-refractivity contribution is 0.0951. The van der Waals surface area contributed by atoms with Gasteiger partial charge >= 0.3 is 0 Å². The van der Waals surface area contributed by atoms with Gasteiger partial charge < -0.3 is 10.1 Å². The summed E-state index contributed by atoms with van der Waals surface area (Å²) in [6.45, 7) is 5.09. The molecule has 0 fully saturated rings. The number of aromatic amines is 1. The van der Waals surface area contributed by atoms with Gasteiger partial charge in [-0.15, -0.1) is 0 Å². The van der Waals surface area contributed by atoms with Gasteiger partial charge in [-0.2, -0.15) is 5.10 Å². The maximum Gasteiger partial charge on any atom is 0.251 e. The number of H-pyrrole nitrogens is 1. The van der Waals surface area contributed by atoms with E-state index in [9.17, 15) is 4.79 Å². The predicted octanol–water partition coefficient (Wildman–Crippen LogP) is 3.20. The second-order valence-corrected chi connectivity index (χ2v) is 5.39. The smallest absolute Gasteiger partial charge is 0.251 e. The summed E-state index contributed by atoms with van der Waals surface area (Å²) >= 11 is 0. The number of hydrogen-bond donors (Lipinski definition) is 2. The molecule has 2 N–H and O–H groups in total. The number of aryl methyl sites for hydroxylation is 1. The molecule has 0 radical (unpaired) electrons. The molecule has 0 spiro atoms. The van der Waals surface area contributed by atoms with Crippen LogP contribution in [-0.4, -0.2) is 22.7 Å². The minimum absolute atomic E-state index is 0.0976. The summed E-state index contributed by atoms with van der Waals surface area (Å²) < 4.78 is 5.52. The number of aromatic nitrogens is 2. The Morgan fingerprint density at radius 2 is 2.13 bits per heavy atom. The topological polar surface area (TPSA) is 67.0 Å². The number of carbonyl (C=O) groups excluding carboxylic acids is 1. The van der Waals surface area contributed by atoms with Crippen molar-refractivity contribution in [1.29, 1.82) is 0 Å². The number of fused-ring (bicyclic) bond motifs is 1. The van der Waals surface area contributed by atoms with Crippen LogP contribution < -0.4 is 10.1 Å². The Morgan fingerprint density at radius 1 is 1.26 bits per heavy atom. The zero-order valence-electron chi connectivity index (χ0n) is 13.2. The molecule has 0 atom stereocenters. The molecule has 0 saturated heterocycles. The first-order valence-corrected chi connectivity index (χ1v) is 7.61. The van der Waals surface area contributed by atoms with Crippen LogP contribution >= 0.6 is 0 Å². The van der Waals surface area contributed by atoms with E-state index in [1.807, 2.05) is 44.2 Å². The van der Waals surface area contributed by atoms with Crippen LogP contribution in [0.4, 0.5) is 0 Å². The van der Waals surface area contributed by atoms with Gasteiger partial charge in [0.15, 0.2) is 0 Å². The van der Waals surface area contributed by atoms with Crippen molar-refractivity contribution in [2.24, 2.45) is 0 Å². The minimum Gasteiger partial charge on any atom is -0.494 e. The van der Waals surface area contributed by atoms with Crippen molar-refractivity contribution in [3.05, 3.63) is 59.3 Å². The van der Waals surface area contributed by atoms with E-state index in [1.54, 1.807) is 12.3 Å². The molecular formula is C18H19N3O2. The van der Waals surface area contributed by atoms with Crippen LogP contribution in [0.25, 0.3) is 10.9 Å². The van der Waals surface area contributed by atoms with E-state index in [-0.39, 0.29) is 5.91 Å². The molecule has 1 amide bonds. The fourth-order valence-electron chi connectivity index (χ4n) is 2.51. The first-order chi connectivity index (χ1) is 11.2. The molecule has 23 heavy (non-hydrogen) atoms. The third kappa shape index (κ3) is 3.34. The summed E-state index contributed by atoms with van der Waals surface area (Å²) in [4.78, 5) is 12.3. The van der Waals surface area contributed by atoms with E-state index in [0.29, 0.717) is 18.7 Å². The lowest BCUT2D eigenvalue weighted by Crippen LogP contribution is -2.22. The highest BCUT2D eigenvalue weighted by Crippen LogP contribution is 2.19. The van der Waals surface area contributed by atoms with Crippen molar-refractivity contribution < 1.29 is 9.53 Å². The van der Waals surface area contributed by atoms with Crippen molar-refractivity contribution in [2.45, 2.75) is 20.4 Å². The summed E-state index contributed by atoms with van der Waals surface area (Å²) in [5.41, 5.74) is 3.66. The average molecular weight is 309 g/mol. The monoisotopic (exact) mass is 309 g/mol. The Morgan fingerprint density at radius 3 is 2.91 bits per heavy atom.